The van der Waals surface area contributed by atoms with Crippen molar-refractivity contribution in [3.8, 4) is 0 Å². The first-order chi connectivity index (χ1) is 9.53. The van der Waals surface area contributed by atoms with Crippen molar-refractivity contribution in [3.63, 3.8) is 0 Å². The molecule has 1 aromatic carbocycles. The molecule has 0 saturated heterocycles. The fraction of sp³-hybridized carbons (Fsp3) is 0.167. The minimum Gasteiger partial charge on any atom is -0.316 e. The summed E-state index contributed by atoms with van der Waals surface area (Å²) in [5.74, 6) is 0.00239. The molecule has 0 aliphatic carbocycles. The van der Waals surface area contributed by atoms with Gasteiger partial charge in [-0.15, -0.1) is 0 Å². The van der Waals surface area contributed by atoms with Gasteiger partial charge in [-0.1, -0.05) is 17.7 Å². The van der Waals surface area contributed by atoms with Crippen molar-refractivity contribution >= 4 is 27.6 Å². The van der Waals surface area contributed by atoms with Crippen LogP contribution in [0, 0.1) is 0 Å². The molecule has 0 unspecified atom stereocenters. The zero-order valence-electron chi connectivity index (χ0n) is 10.7. The van der Waals surface area contributed by atoms with E-state index in [2.05, 4.69) is 20.0 Å². The van der Waals surface area contributed by atoms with Crippen molar-refractivity contribution in [1.82, 2.24) is 15.3 Å². The van der Waals surface area contributed by atoms with Gasteiger partial charge in [-0.2, -0.15) is 0 Å². The number of sulfonamides is 1. The smallest absolute Gasteiger partial charge is 0.265 e. The van der Waals surface area contributed by atoms with E-state index in [9.17, 15) is 8.42 Å². The van der Waals surface area contributed by atoms with Crippen molar-refractivity contribution < 1.29 is 8.42 Å². The quantitative estimate of drug-likeness (QED) is 0.877. The largest absolute Gasteiger partial charge is 0.316 e. The molecular weight excluding hydrogens is 300 g/mol. The Kier molecular flexibility index (Phi) is 4.53. The maximum Gasteiger partial charge on any atom is 0.265 e. The summed E-state index contributed by atoms with van der Waals surface area (Å²) in [5, 5.41) is 3.10. The molecule has 106 valence electrons. The molecule has 2 N–H and O–H groups in total. The van der Waals surface area contributed by atoms with Crippen LogP contribution in [0.25, 0.3) is 0 Å². The van der Waals surface area contributed by atoms with Crippen LogP contribution in [-0.2, 0) is 16.6 Å². The van der Waals surface area contributed by atoms with Crippen molar-refractivity contribution in [2.24, 2.45) is 0 Å². The van der Waals surface area contributed by atoms with Crippen LogP contribution in [0.1, 0.15) is 5.56 Å². The Balaban J connectivity index is 2.36. The summed E-state index contributed by atoms with van der Waals surface area (Å²) in [6, 6.07) is 6.42. The SMILES string of the molecule is CNCc1ccc(Cl)c(S(=O)(=O)Nc2ncccn2)c1. The third-order valence-corrected chi connectivity index (χ3v) is 4.27. The molecule has 0 amide bonds. The van der Waals surface area contributed by atoms with Gasteiger partial charge in [0.1, 0.15) is 4.90 Å². The maximum atomic E-state index is 12.3. The standard InChI is InChI=1S/C12H13ClN4O2S/c1-14-8-9-3-4-10(13)11(7-9)20(18,19)17-12-15-5-2-6-16-12/h2-7,14H,8H2,1H3,(H,15,16,17). The predicted molar refractivity (Wildman–Crippen MR) is 77.1 cm³/mol. The van der Waals surface area contributed by atoms with E-state index in [0.717, 1.165) is 5.56 Å². The third kappa shape index (κ3) is 3.44. The van der Waals surface area contributed by atoms with Crippen LogP contribution in [-0.4, -0.2) is 25.4 Å². The number of rotatable bonds is 5. The molecule has 8 heteroatoms. The minimum atomic E-state index is -3.82. The van der Waals surface area contributed by atoms with E-state index in [-0.39, 0.29) is 15.9 Å². The molecule has 2 aromatic rings. The average Bonchev–Trinajstić information content (AvgIpc) is 2.42. The van der Waals surface area contributed by atoms with E-state index >= 15 is 0 Å². The Bertz CT molecular complexity index is 692. The zero-order chi connectivity index (χ0) is 14.6. The molecule has 6 nitrogen and oxygen atoms in total. The first kappa shape index (κ1) is 14.7. The maximum absolute atomic E-state index is 12.3. The second kappa shape index (κ2) is 6.17. The molecule has 2 rings (SSSR count). The van der Waals surface area contributed by atoms with E-state index < -0.39 is 10.0 Å². The molecule has 0 aliphatic heterocycles. The van der Waals surface area contributed by atoms with Gasteiger partial charge in [-0.3, -0.25) is 0 Å². The van der Waals surface area contributed by atoms with Crippen molar-refractivity contribution in [3.05, 3.63) is 47.2 Å². The molecule has 0 saturated carbocycles. The van der Waals surface area contributed by atoms with Crippen molar-refractivity contribution in [2.45, 2.75) is 11.4 Å². The lowest BCUT2D eigenvalue weighted by atomic mass is 10.2. The van der Waals surface area contributed by atoms with Gasteiger partial charge in [0.2, 0.25) is 5.95 Å². The topological polar surface area (TPSA) is 84.0 Å². The molecule has 1 heterocycles. The fourth-order valence-electron chi connectivity index (χ4n) is 1.59. The van der Waals surface area contributed by atoms with E-state index in [1.807, 2.05) is 0 Å². The number of nitrogens with one attached hydrogen (secondary N) is 2. The number of anilines is 1. The van der Waals surface area contributed by atoms with E-state index in [1.54, 1.807) is 25.2 Å². The second-order valence-corrected chi connectivity index (χ2v) is 6.03. The number of hydrogen-bond acceptors (Lipinski definition) is 5. The Morgan fingerprint density at radius 2 is 1.95 bits per heavy atom. The molecule has 0 spiro atoms. The molecule has 0 atom stereocenters. The van der Waals surface area contributed by atoms with Gasteiger partial charge >= 0.3 is 0 Å². The van der Waals surface area contributed by atoms with Crippen LogP contribution in [0.15, 0.2) is 41.6 Å². The zero-order valence-corrected chi connectivity index (χ0v) is 12.2. The lowest BCUT2D eigenvalue weighted by molar-refractivity contribution is 0.600. The Morgan fingerprint density at radius 3 is 2.60 bits per heavy atom. The van der Waals surface area contributed by atoms with Crippen LogP contribution in [0.4, 0.5) is 5.95 Å². The van der Waals surface area contributed by atoms with Gasteiger partial charge in [0.05, 0.1) is 5.02 Å². The fourth-order valence-corrected chi connectivity index (χ4v) is 3.10. The number of benzene rings is 1. The second-order valence-electron chi connectivity index (χ2n) is 3.97. The number of nitrogens with zero attached hydrogens (tertiary/aromatic N) is 2. The molecule has 0 radical (unpaired) electrons. The van der Waals surface area contributed by atoms with Gasteiger partial charge < -0.3 is 5.32 Å². The van der Waals surface area contributed by atoms with E-state index in [4.69, 9.17) is 11.6 Å². The lowest BCUT2D eigenvalue weighted by Crippen LogP contribution is -2.16. The van der Waals surface area contributed by atoms with Crippen LogP contribution in [0.3, 0.4) is 0 Å². The average molecular weight is 313 g/mol. The Labute approximate surface area is 122 Å². The van der Waals surface area contributed by atoms with Crippen LogP contribution < -0.4 is 10.0 Å². The predicted octanol–water partition coefficient (Wildman–Crippen LogP) is 1.65. The van der Waals surface area contributed by atoms with Crippen molar-refractivity contribution in [2.75, 3.05) is 11.8 Å². The highest BCUT2D eigenvalue weighted by molar-refractivity contribution is 7.92. The van der Waals surface area contributed by atoms with Gasteiger partial charge in [-0.25, -0.2) is 23.1 Å². The van der Waals surface area contributed by atoms with Crippen molar-refractivity contribution in [1.29, 1.82) is 0 Å². The highest BCUT2D eigenvalue weighted by Gasteiger charge is 2.19. The summed E-state index contributed by atoms with van der Waals surface area (Å²) in [7, 11) is -2.04. The first-order valence-electron chi connectivity index (χ1n) is 5.76. The monoisotopic (exact) mass is 312 g/mol. The van der Waals surface area contributed by atoms with E-state index in [0.29, 0.717) is 6.54 Å². The Hall–Kier alpha value is -1.70. The molecule has 0 aliphatic rings. The summed E-state index contributed by atoms with van der Waals surface area (Å²) in [6.45, 7) is 0.543. The summed E-state index contributed by atoms with van der Waals surface area (Å²) in [5.41, 5.74) is 0.811. The number of hydrogen-bond donors (Lipinski definition) is 2. The Morgan fingerprint density at radius 1 is 1.25 bits per heavy atom. The molecule has 0 fully saturated rings. The van der Waals surface area contributed by atoms with E-state index in [1.165, 1.54) is 18.5 Å². The normalized spacial score (nSPS) is 11.3. The van der Waals surface area contributed by atoms with Gasteiger partial charge in [0.15, 0.2) is 0 Å². The summed E-state index contributed by atoms with van der Waals surface area (Å²) < 4.78 is 26.9. The highest BCUT2D eigenvalue weighted by Crippen LogP contribution is 2.24. The van der Waals surface area contributed by atoms with Crippen LogP contribution >= 0.6 is 11.6 Å². The number of halogens is 1. The minimum absolute atomic E-state index is 0.000584. The first-order valence-corrected chi connectivity index (χ1v) is 7.62. The molecule has 0 bridgehead atoms. The highest BCUT2D eigenvalue weighted by atomic mass is 35.5. The third-order valence-electron chi connectivity index (χ3n) is 2.46. The summed E-state index contributed by atoms with van der Waals surface area (Å²) in [4.78, 5) is 7.64. The molecule has 20 heavy (non-hydrogen) atoms. The van der Waals surface area contributed by atoms with Gasteiger partial charge in [-0.05, 0) is 30.8 Å². The van der Waals surface area contributed by atoms with Gasteiger partial charge in [0, 0.05) is 18.9 Å². The lowest BCUT2D eigenvalue weighted by Gasteiger charge is -2.09. The summed E-state index contributed by atoms with van der Waals surface area (Å²) in [6.07, 6.45) is 2.90. The molecular formula is C12H13ClN4O2S. The van der Waals surface area contributed by atoms with Gasteiger partial charge in [0.25, 0.3) is 10.0 Å². The summed E-state index contributed by atoms with van der Waals surface area (Å²) >= 11 is 5.97. The van der Waals surface area contributed by atoms with Crippen LogP contribution in [0.2, 0.25) is 5.02 Å². The van der Waals surface area contributed by atoms with Crippen LogP contribution in [0.5, 0.6) is 0 Å². The molecule has 1 aromatic heterocycles. The number of aromatic nitrogens is 2.